The Morgan fingerprint density at radius 2 is 2.20 bits per heavy atom. The number of carbonyl (C=O) groups excluding carboxylic acids is 1. The highest BCUT2D eigenvalue weighted by Crippen LogP contribution is 2.34. The van der Waals surface area contributed by atoms with Crippen molar-refractivity contribution in [3.63, 3.8) is 0 Å². The highest BCUT2D eigenvalue weighted by molar-refractivity contribution is 9.09. The summed E-state index contributed by atoms with van der Waals surface area (Å²) in [4.78, 5) is 14.9. The minimum Gasteiger partial charge on any atom is -0.311 e. The number of rotatable bonds is 3. The molecule has 0 radical (unpaired) electrons. The molecule has 0 saturated carbocycles. The number of para-hydroxylation sites is 1. The van der Waals surface area contributed by atoms with Crippen LogP contribution in [0.15, 0.2) is 29.2 Å². The summed E-state index contributed by atoms with van der Waals surface area (Å²) in [6, 6.07) is 8.10. The lowest BCUT2D eigenvalue weighted by Crippen LogP contribution is -2.36. The molecule has 1 aliphatic rings. The van der Waals surface area contributed by atoms with Crippen LogP contribution in [0.4, 0.5) is 5.69 Å². The van der Waals surface area contributed by atoms with Crippen molar-refractivity contribution in [2.45, 2.75) is 11.3 Å². The van der Waals surface area contributed by atoms with E-state index in [-0.39, 0.29) is 5.91 Å². The van der Waals surface area contributed by atoms with Crippen molar-refractivity contribution in [3.05, 3.63) is 24.3 Å². The lowest BCUT2D eigenvalue weighted by atomic mass is 10.2. The van der Waals surface area contributed by atoms with Crippen LogP contribution in [0.2, 0.25) is 0 Å². The molecule has 0 spiro atoms. The van der Waals surface area contributed by atoms with E-state index in [0.717, 1.165) is 24.0 Å². The van der Waals surface area contributed by atoms with Crippen molar-refractivity contribution in [2.24, 2.45) is 0 Å². The molecule has 0 aliphatic carbocycles. The van der Waals surface area contributed by atoms with Gasteiger partial charge in [-0.3, -0.25) is 4.79 Å². The van der Waals surface area contributed by atoms with Gasteiger partial charge in [-0.25, -0.2) is 0 Å². The molecule has 1 amide bonds. The molecular formula is C11H12BrNOS. The molecule has 2 rings (SSSR count). The number of nitrogens with zero attached hydrogens (tertiary/aromatic N) is 1. The van der Waals surface area contributed by atoms with Crippen LogP contribution in [0.3, 0.4) is 0 Å². The Morgan fingerprint density at radius 3 is 3.00 bits per heavy atom. The monoisotopic (exact) mass is 285 g/mol. The van der Waals surface area contributed by atoms with Gasteiger partial charge in [0.05, 0.1) is 11.4 Å². The van der Waals surface area contributed by atoms with Crippen LogP contribution < -0.4 is 4.90 Å². The van der Waals surface area contributed by atoms with Gasteiger partial charge in [-0.15, -0.1) is 11.8 Å². The summed E-state index contributed by atoms with van der Waals surface area (Å²) in [5.41, 5.74) is 1.07. The summed E-state index contributed by atoms with van der Waals surface area (Å²) in [5.74, 6) is 0.791. The van der Waals surface area contributed by atoms with Crippen LogP contribution in [-0.2, 0) is 4.79 Å². The number of anilines is 1. The summed E-state index contributed by atoms with van der Waals surface area (Å²) in [6.07, 6.45) is 0.991. The number of halogens is 1. The van der Waals surface area contributed by atoms with E-state index >= 15 is 0 Å². The molecule has 0 saturated heterocycles. The molecule has 1 aromatic rings. The molecule has 0 N–H and O–H groups in total. The van der Waals surface area contributed by atoms with E-state index in [1.54, 1.807) is 11.8 Å². The molecule has 0 atom stereocenters. The molecule has 1 aromatic carbocycles. The van der Waals surface area contributed by atoms with Gasteiger partial charge in [-0.2, -0.15) is 0 Å². The Morgan fingerprint density at radius 1 is 1.40 bits per heavy atom. The van der Waals surface area contributed by atoms with Gasteiger partial charge in [0.2, 0.25) is 5.91 Å². The van der Waals surface area contributed by atoms with Crippen molar-refractivity contribution >= 4 is 39.3 Å². The molecule has 1 heterocycles. The van der Waals surface area contributed by atoms with E-state index in [4.69, 9.17) is 0 Å². The molecule has 4 heteroatoms. The topological polar surface area (TPSA) is 20.3 Å². The zero-order valence-corrected chi connectivity index (χ0v) is 10.7. The fraction of sp³-hybridized carbons (Fsp3) is 0.364. The van der Waals surface area contributed by atoms with Gasteiger partial charge in [-0.05, 0) is 18.6 Å². The third-order valence-corrected chi connectivity index (χ3v) is 3.93. The van der Waals surface area contributed by atoms with Crippen LogP contribution in [0.5, 0.6) is 0 Å². The molecule has 0 bridgehead atoms. The molecule has 15 heavy (non-hydrogen) atoms. The number of benzene rings is 1. The third-order valence-electron chi connectivity index (χ3n) is 2.32. The summed E-state index contributed by atoms with van der Waals surface area (Å²) < 4.78 is 0. The molecular weight excluding hydrogens is 274 g/mol. The number of thioether (sulfide) groups is 1. The molecule has 0 fully saturated rings. The third kappa shape index (κ3) is 2.37. The minimum absolute atomic E-state index is 0.222. The standard InChI is InChI=1S/C11H12BrNOS/c12-6-3-7-13-9-4-1-2-5-10(9)15-8-11(13)14/h1-2,4-5H,3,6-8H2. The maximum absolute atomic E-state index is 11.8. The summed E-state index contributed by atoms with van der Waals surface area (Å²) in [7, 11) is 0. The first-order valence-corrected chi connectivity index (χ1v) is 7.02. The van der Waals surface area contributed by atoms with Crippen molar-refractivity contribution < 1.29 is 4.79 Å². The lowest BCUT2D eigenvalue weighted by molar-refractivity contribution is -0.116. The fourth-order valence-corrected chi connectivity index (χ4v) is 2.80. The Bertz CT molecular complexity index is 369. The second-order valence-corrected chi connectivity index (χ2v) is 5.15. The van der Waals surface area contributed by atoms with Crippen molar-refractivity contribution in [2.75, 3.05) is 22.5 Å². The number of carbonyl (C=O) groups is 1. The SMILES string of the molecule is O=C1CSc2ccccc2N1CCCBr. The van der Waals surface area contributed by atoms with Gasteiger partial charge in [0.1, 0.15) is 0 Å². The van der Waals surface area contributed by atoms with E-state index in [9.17, 15) is 4.79 Å². The molecule has 2 nitrogen and oxygen atoms in total. The highest BCUT2D eigenvalue weighted by Gasteiger charge is 2.23. The van der Waals surface area contributed by atoms with Crippen molar-refractivity contribution in [1.29, 1.82) is 0 Å². The molecule has 0 unspecified atom stereocenters. The Labute approximate surface area is 102 Å². The predicted molar refractivity (Wildman–Crippen MR) is 67.9 cm³/mol. The Balaban J connectivity index is 2.25. The van der Waals surface area contributed by atoms with Crippen molar-refractivity contribution in [1.82, 2.24) is 0 Å². The first-order chi connectivity index (χ1) is 7.33. The second kappa shape index (κ2) is 5.03. The minimum atomic E-state index is 0.222. The maximum Gasteiger partial charge on any atom is 0.237 e. The van der Waals surface area contributed by atoms with Gasteiger partial charge in [0, 0.05) is 16.8 Å². The van der Waals surface area contributed by atoms with E-state index < -0.39 is 0 Å². The molecule has 0 aromatic heterocycles. The van der Waals surface area contributed by atoms with Gasteiger partial charge in [0.15, 0.2) is 0 Å². The maximum atomic E-state index is 11.8. The van der Waals surface area contributed by atoms with E-state index in [2.05, 4.69) is 22.0 Å². The van der Waals surface area contributed by atoms with Crippen molar-refractivity contribution in [3.8, 4) is 0 Å². The number of hydrogen-bond donors (Lipinski definition) is 0. The van der Waals surface area contributed by atoms with Gasteiger partial charge in [-0.1, -0.05) is 28.1 Å². The highest BCUT2D eigenvalue weighted by atomic mass is 79.9. The molecule has 80 valence electrons. The van der Waals surface area contributed by atoms with Crippen LogP contribution in [0, 0.1) is 0 Å². The normalized spacial score (nSPS) is 15.3. The average Bonchev–Trinajstić information content (AvgIpc) is 2.28. The lowest BCUT2D eigenvalue weighted by Gasteiger charge is -2.28. The largest absolute Gasteiger partial charge is 0.311 e. The number of hydrogen-bond acceptors (Lipinski definition) is 2. The van der Waals surface area contributed by atoms with E-state index in [1.807, 2.05) is 23.1 Å². The van der Waals surface area contributed by atoms with Crippen LogP contribution in [0.25, 0.3) is 0 Å². The Hall–Kier alpha value is -0.480. The first-order valence-electron chi connectivity index (χ1n) is 4.91. The van der Waals surface area contributed by atoms with E-state index in [0.29, 0.717) is 5.75 Å². The quantitative estimate of drug-likeness (QED) is 0.796. The predicted octanol–water partition coefficient (Wildman–Crippen LogP) is 2.91. The van der Waals surface area contributed by atoms with Crippen LogP contribution >= 0.6 is 27.7 Å². The van der Waals surface area contributed by atoms with Gasteiger partial charge < -0.3 is 4.90 Å². The Kier molecular flexibility index (Phi) is 3.70. The summed E-state index contributed by atoms with van der Waals surface area (Å²) >= 11 is 5.02. The summed E-state index contributed by atoms with van der Waals surface area (Å²) in [6.45, 7) is 0.807. The zero-order chi connectivity index (χ0) is 10.7. The fourth-order valence-electron chi connectivity index (χ4n) is 1.62. The smallest absolute Gasteiger partial charge is 0.237 e. The molecule has 1 aliphatic heterocycles. The van der Waals surface area contributed by atoms with Crippen LogP contribution in [-0.4, -0.2) is 23.5 Å². The first kappa shape index (κ1) is 11.0. The number of amides is 1. The second-order valence-electron chi connectivity index (χ2n) is 3.34. The van der Waals surface area contributed by atoms with Gasteiger partial charge in [0.25, 0.3) is 0 Å². The average molecular weight is 286 g/mol. The number of fused-ring (bicyclic) bond motifs is 1. The van der Waals surface area contributed by atoms with Gasteiger partial charge >= 0.3 is 0 Å². The van der Waals surface area contributed by atoms with E-state index in [1.165, 1.54) is 4.90 Å². The number of alkyl halides is 1. The zero-order valence-electron chi connectivity index (χ0n) is 8.28. The van der Waals surface area contributed by atoms with Crippen LogP contribution in [0.1, 0.15) is 6.42 Å². The summed E-state index contributed by atoms with van der Waals surface area (Å²) in [5, 5.41) is 0.937.